The number of rotatable bonds is 9. The predicted octanol–water partition coefficient (Wildman–Crippen LogP) is 1.47. The van der Waals surface area contributed by atoms with Crippen molar-refractivity contribution in [1.82, 2.24) is 20.2 Å². The van der Waals surface area contributed by atoms with Crippen LogP contribution in [0.25, 0.3) is 11.4 Å². The van der Waals surface area contributed by atoms with Crippen LogP contribution in [0, 0.1) is 0 Å². The predicted molar refractivity (Wildman–Crippen MR) is 135 cm³/mol. The Kier molecular flexibility index (Phi) is 8.55. The van der Waals surface area contributed by atoms with Crippen LogP contribution >= 0.6 is 0 Å². The van der Waals surface area contributed by atoms with E-state index >= 15 is 0 Å². The third kappa shape index (κ3) is 6.35. The number of likely N-dealkylation sites (N-methyl/N-ethyl adjacent to an activating group) is 2. The molecule has 2 aromatic rings. The molecule has 4 rings (SSSR count). The molecule has 2 aliphatic rings. The summed E-state index contributed by atoms with van der Waals surface area (Å²) in [7, 11) is 6.09. The van der Waals surface area contributed by atoms with Gasteiger partial charge in [0.15, 0.2) is 5.82 Å². The number of ether oxygens (including phenoxy) is 2. The van der Waals surface area contributed by atoms with Gasteiger partial charge in [0.05, 0.1) is 0 Å². The Hall–Kier alpha value is -2.46. The number of nitrogens with one attached hydrogen (secondary N) is 1. The monoisotopic (exact) mass is 470 g/mol. The zero-order valence-corrected chi connectivity index (χ0v) is 20.6. The molecule has 0 radical (unpaired) electrons. The molecule has 2 saturated heterocycles. The van der Waals surface area contributed by atoms with E-state index in [2.05, 4.69) is 40.2 Å². The first-order valence-electron chi connectivity index (χ1n) is 12.2. The first kappa shape index (κ1) is 24.7. The number of aliphatic hydroxyl groups is 1. The van der Waals surface area contributed by atoms with E-state index in [4.69, 9.17) is 19.4 Å². The largest absolute Gasteiger partial charge is 0.491 e. The van der Waals surface area contributed by atoms with Gasteiger partial charge in [-0.3, -0.25) is 0 Å². The maximum atomic E-state index is 9.98. The fraction of sp³-hybridized carbons (Fsp3) is 0.600. The van der Waals surface area contributed by atoms with Crippen molar-refractivity contribution in [2.75, 3.05) is 83.5 Å². The molecule has 34 heavy (non-hydrogen) atoms. The molecule has 2 aliphatic heterocycles. The molecule has 3 heterocycles. The minimum absolute atomic E-state index is 0.226. The number of hydrogen-bond donors (Lipinski definition) is 2. The highest BCUT2D eigenvalue weighted by Crippen LogP contribution is 2.29. The fourth-order valence-corrected chi connectivity index (χ4v) is 4.40. The van der Waals surface area contributed by atoms with Gasteiger partial charge in [0.25, 0.3) is 0 Å². The van der Waals surface area contributed by atoms with Gasteiger partial charge in [0, 0.05) is 70.7 Å². The van der Waals surface area contributed by atoms with E-state index in [9.17, 15) is 5.11 Å². The number of benzene rings is 1. The van der Waals surface area contributed by atoms with E-state index in [0.29, 0.717) is 24.2 Å². The molecule has 0 spiro atoms. The van der Waals surface area contributed by atoms with Crippen LogP contribution in [-0.4, -0.2) is 106 Å². The summed E-state index contributed by atoms with van der Waals surface area (Å²) in [4.78, 5) is 16.9. The molecule has 186 valence electrons. The second kappa shape index (κ2) is 11.8. The summed E-state index contributed by atoms with van der Waals surface area (Å²) in [6.45, 7) is 6.21. The third-order valence-corrected chi connectivity index (χ3v) is 6.60. The highest BCUT2D eigenvalue weighted by molar-refractivity contribution is 5.64. The normalized spacial score (nSPS) is 18.6. The fourth-order valence-electron chi connectivity index (χ4n) is 4.40. The number of aliphatic hydroxyl groups excluding tert-OH is 1. The van der Waals surface area contributed by atoms with Crippen molar-refractivity contribution in [3.63, 3.8) is 0 Å². The quantitative estimate of drug-likeness (QED) is 0.566. The van der Waals surface area contributed by atoms with Gasteiger partial charge in [-0.25, -0.2) is 9.97 Å². The van der Waals surface area contributed by atoms with Gasteiger partial charge in [-0.2, -0.15) is 0 Å². The summed E-state index contributed by atoms with van der Waals surface area (Å²) in [6, 6.07) is 10.3. The van der Waals surface area contributed by atoms with E-state index in [0.717, 1.165) is 69.4 Å². The van der Waals surface area contributed by atoms with E-state index < -0.39 is 6.10 Å². The number of nitrogens with zero attached hydrogens (tertiary/aromatic N) is 5. The smallest absolute Gasteiger partial charge is 0.163 e. The number of anilines is 2. The van der Waals surface area contributed by atoms with Gasteiger partial charge in [-0.05, 0) is 39.1 Å². The summed E-state index contributed by atoms with van der Waals surface area (Å²) in [5.74, 6) is 3.27. The Bertz CT molecular complexity index is 915. The van der Waals surface area contributed by atoms with E-state index in [-0.39, 0.29) is 6.61 Å². The summed E-state index contributed by atoms with van der Waals surface area (Å²) >= 11 is 0. The molecular formula is C25H38N6O3. The topological polar surface area (TPSA) is 86.2 Å². The van der Waals surface area contributed by atoms with Crippen molar-refractivity contribution in [2.24, 2.45) is 0 Å². The average molecular weight is 471 g/mol. The third-order valence-electron chi connectivity index (χ3n) is 6.60. The molecule has 0 bridgehead atoms. The molecule has 1 aromatic heterocycles. The molecule has 0 amide bonds. The number of aromatic nitrogens is 2. The van der Waals surface area contributed by atoms with Crippen LogP contribution in [-0.2, 0) is 4.74 Å². The minimum atomic E-state index is -0.565. The first-order chi connectivity index (χ1) is 16.5. The maximum absolute atomic E-state index is 9.98. The van der Waals surface area contributed by atoms with Crippen molar-refractivity contribution >= 4 is 11.6 Å². The highest BCUT2D eigenvalue weighted by Gasteiger charge is 2.23. The Labute approximate surface area is 202 Å². The zero-order chi connectivity index (χ0) is 23.9. The Morgan fingerprint density at radius 3 is 2.68 bits per heavy atom. The van der Waals surface area contributed by atoms with Crippen LogP contribution < -0.4 is 19.9 Å². The lowest BCUT2D eigenvalue weighted by Gasteiger charge is -2.35. The van der Waals surface area contributed by atoms with Gasteiger partial charge >= 0.3 is 0 Å². The van der Waals surface area contributed by atoms with Crippen LogP contribution in [0.3, 0.4) is 0 Å². The lowest BCUT2D eigenvalue weighted by atomic mass is 10.1. The van der Waals surface area contributed by atoms with Crippen molar-refractivity contribution in [2.45, 2.75) is 25.0 Å². The number of hydrogen-bond acceptors (Lipinski definition) is 9. The Morgan fingerprint density at radius 1 is 1.18 bits per heavy atom. The van der Waals surface area contributed by atoms with Gasteiger partial charge < -0.3 is 34.6 Å². The lowest BCUT2D eigenvalue weighted by Crippen LogP contribution is -2.45. The second-order valence-corrected chi connectivity index (χ2v) is 9.20. The molecule has 9 heteroatoms. The molecule has 0 saturated carbocycles. The van der Waals surface area contributed by atoms with Crippen molar-refractivity contribution in [1.29, 1.82) is 0 Å². The molecule has 9 nitrogen and oxygen atoms in total. The van der Waals surface area contributed by atoms with Crippen molar-refractivity contribution in [3.05, 3.63) is 30.3 Å². The summed E-state index contributed by atoms with van der Waals surface area (Å²) < 4.78 is 11.4. The summed E-state index contributed by atoms with van der Waals surface area (Å²) in [5.41, 5.74) is 0.901. The SMILES string of the molecule is CNCC(O)COc1cccc(-c2nc(N3CCN(C)CC3)cc(N(C)C3CCOCC3)n2)c1. The Balaban J connectivity index is 1.61. The van der Waals surface area contributed by atoms with Gasteiger partial charge in [-0.1, -0.05) is 12.1 Å². The van der Waals surface area contributed by atoms with E-state index in [1.165, 1.54) is 0 Å². The average Bonchev–Trinajstić information content (AvgIpc) is 2.88. The zero-order valence-electron chi connectivity index (χ0n) is 20.6. The minimum Gasteiger partial charge on any atom is -0.491 e. The van der Waals surface area contributed by atoms with Crippen molar-refractivity contribution < 1.29 is 14.6 Å². The van der Waals surface area contributed by atoms with Crippen LogP contribution in [0.5, 0.6) is 5.75 Å². The molecule has 1 atom stereocenters. The molecule has 0 aliphatic carbocycles. The van der Waals surface area contributed by atoms with E-state index in [1.54, 1.807) is 0 Å². The van der Waals surface area contributed by atoms with Crippen molar-refractivity contribution in [3.8, 4) is 17.1 Å². The lowest BCUT2D eigenvalue weighted by molar-refractivity contribution is 0.0853. The standard InChI is InChI=1S/C25H38N6O3/c1-26-17-21(32)18-34-22-6-4-5-19(15-22)25-27-23(30(3)20-7-13-33-14-8-20)16-24(28-25)31-11-9-29(2)10-12-31/h4-6,15-16,20-21,26,32H,7-14,17-18H2,1-3H3. The maximum Gasteiger partial charge on any atom is 0.163 e. The van der Waals surface area contributed by atoms with Crippen LogP contribution in [0.15, 0.2) is 30.3 Å². The summed E-state index contributed by atoms with van der Waals surface area (Å²) in [5, 5.41) is 12.9. The summed E-state index contributed by atoms with van der Waals surface area (Å²) in [6.07, 6.45) is 1.43. The first-order valence-corrected chi connectivity index (χ1v) is 12.2. The van der Waals surface area contributed by atoms with Crippen LogP contribution in [0.2, 0.25) is 0 Å². The molecular weight excluding hydrogens is 432 g/mol. The molecule has 2 N–H and O–H groups in total. The van der Waals surface area contributed by atoms with E-state index in [1.807, 2.05) is 31.3 Å². The Morgan fingerprint density at radius 2 is 1.94 bits per heavy atom. The van der Waals surface area contributed by atoms with Crippen LogP contribution in [0.4, 0.5) is 11.6 Å². The number of piperazine rings is 1. The van der Waals surface area contributed by atoms with Crippen LogP contribution in [0.1, 0.15) is 12.8 Å². The second-order valence-electron chi connectivity index (χ2n) is 9.20. The van der Waals surface area contributed by atoms with Gasteiger partial charge in [-0.15, -0.1) is 0 Å². The van der Waals surface area contributed by atoms with Gasteiger partial charge in [0.2, 0.25) is 0 Å². The molecule has 1 unspecified atom stereocenters. The molecule has 1 aromatic carbocycles. The molecule has 2 fully saturated rings. The highest BCUT2D eigenvalue weighted by atomic mass is 16.5. The van der Waals surface area contributed by atoms with Gasteiger partial charge in [0.1, 0.15) is 30.1 Å².